The van der Waals surface area contributed by atoms with Crippen molar-refractivity contribution in [2.45, 2.75) is 48.2 Å². The zero-order valence-corrected chi connectivity index (χ0v) is 23.2. The summed E-state index contributed by atoms with van der Waals surface area (Å²) in [5, 5.41) is 3.15. The molecule has 1 unspecified atom stereocenters. The molecule has 2 heterocycles. The number of carbonyl (C=O) groups excluding carboxylic acids is 1. The highest BCUT2D eigenvalue weighted by atomic mass is 127. The number of fused-ring (bicyclic) bond motifs is 1. The van der Waals surface area contributed by atoms with E-state index in [9.17, 15) is 4.79 Å². The summed E-state index contributed by atoms with van der Waals surface area (Å²) >= 11 is 2.36. The number of ether oxygens (including phenoxy) is 2. The van der Waals surface area contributed by atoms with Crippen molar-refractivity contribution in [1.82, 2.24) is 4.90 Å². The SMILES string of the molecule is COc1cc(CI)cc(OC2CN(C(C)(C)CCC3(c4ccccc4)C(=O)Nc4ccccc43)C2)c1. The fourth-order valence-electron chi connectivity index (χ4n) is 5.46. The number of alkyl halides is 1. The number of likely N-dealkylation sites (tertiary alicyclic amines) is 1. The quantitative estimate of drug-likeness (QED) is 0.237. The first-order valence-corrected chi connectivity index (χ1v) is 14.0. The zero-order valence-electron chi connectivity index (χ0n) is 21.1. The Morgan fingerprint density at radius 1 is 1.03 bits per heavy atom. The van der Waals surface area contributed by atoms with Crippen molar-refractivity contribution in [3.63, 3.8) is 0 Å². The number of hydrogen-bond donors (Lipinski definition) is 1. The van der Waals surface area contributed by atoms with Crippen LogP contribution in [0.15, 0.2) is 72.8 Å². The largest absolute Gasteiger partial charge is 0.497 e. The molecule has 1 atom stereocenters. The Morgan fingerprint density at radius 3 is 2.44 bits per heavy atom. The second kappa shape index (κ2) is 10.1. The maximum absolute atomic E-state index is 13.5. The highest BCUT2D eigenvalue weighted by molar-refractivity contribution is 14.1. The van der Waals surface area contributed by atoms with Crippen molar-refractivity contribution in [3.8, 4) is 11.5 Å². The van der Waals surface area contributed by atoms with Crippen molar-refractivity contribution >= 4 is 34.2 Å². The van der Waals surface area contributed by atoms with Crippen LogP contribution in [0.1, 0.15) is 43.4 Å². The number of benzene rings is 3. The van der Waals surface area contributed by atoms with Gasteiger partial charge in [-0.05, 0) is 61.6 Å². The van der Waals surface area contributed by atoms with E-state index in [0.29, 0.717) is 0 Å². The molecule has 0 bridgehead atoms. The smallest absolute Gasteiger partial charge is 0.239 e. The summed E-state index contributed by atoms with van der Waals surface area (Å²) in [6.45, 7) is 6.29. The normalized spacial score (nSPS) is 19.9. The Labute approximate surface area is 227 Å². The molecule has 0 saturated carbocycles. The minimum atomic E-state index is -0.674. The summed E-state index contributed by atoms with van der Waals surface area (Å²) in [5.74, 6) is 1.77. The van der Waals surface area contributed by atoms with Gasteiger partial charge in [0.2, 0.25) is 5.91 Å². The van der Waals surface area contributed by atoms with E-state index in [0.717, 1.165) is 58.7 Å². The van der Waals surface area contributed by atoms with Crippen LogP contribution in [0.2, 0.25) is 0 Å². The van der Waals surface area contributed by atoms with Gasteiger partial charge in [0.05, 0.1) is 7.11 Å². The molecule has 0 spiro atoms. The third-order valence-electron chi connectivity index (χ3n) is 7.74. The summed E-state index contributed by atoms with van der Waals surface area (Å²) in [7, 11) is 1.69. The number of hydrogen-bond acceptors (Lipinski definition) is 4. The molecule has 2 aliphatic rings. The van der Waals surface area contributed by atoms with E-state index >= 15 is 0 Å². The second-order valence-electron chi connectivity index (χ2n) is 10.4. The van der Waals surface area contributed by atoms with Crippen LogP contribution in [0.4, 0.5) is 5.69 Å². The molecule has 3 aromatic rings. The van der Waals surface area contributed by atoms with Crippen LogP contribution in [0.5, 0.6) is 11.5 Å². The van der Waals surface area contributed by atoms with E-state index in [1.807, 2.05) is 42.5 Å². The molecule has 1 N–H and O–H groups in total. The lowest BCUT2D eigenvalue weighted by Crippen LogP contribution is -2.62. The molecule has 0 aliphatic carbocycles. The topological polar surface area (TPSA) is 50.8 Å². The van der Waals surface area contributed by atoms with Gasteiger partial charge in [-0.1, -0.05) is 71.1 Å². The number of amides is 1. The number of halogens is 1. The molecular formula is C30H33IN2O3. The highest BCUT2D eigenvalue weighted by Crippen LogP contribution is 2.47. The van der Waals surface area contributed by atoms with E-state index in [2.05, 4.69) is 77.0 Å². The van der Waals surface area contributed by atoms with Gasteiger partial charge in [-0.3, -0.25) is 9.69 Å². The Hall–Kier alpha value is -2.58. The molecule has 1 fully saturated rings. The van der Waals surface area contributed by atoms with Crippen LogP contribution in [-0.4, -0.2) is 42.6 Å². The fraction of sp³-hybridized carbons (Fsp3) is 0.367. The zero-order chi connectivity index (χ0) is 25.3. The van der Waals surface area contributed by atoms with Gasteiger partial charge in [-0.2, -0.15) is 0 Å². The fourth-order valence-corrected chi connectivity index (χ4v) is 5.90. The number of anilines is 1. The lowest BCUT2D eigenvalue weighted by Gasteiger charge is -2.49. The van der Waals surface area contributed by atoms with Gasteiger partial charge in [-0.15, -0.1) is 0 Å². The number of para-hydroxylation sites is 1. The molecule has 2 aliphatic heterocycles. The Balaban J connectivity index is 1.29. The van der Waals surface area contributed by atoms with Crippen LogP contribution < -0.4 is 14.8 Å². The van der Waals surface area contributed by atoms with Gasteiger partial charge in [0.15, 0.2) is 0 Å². The van der Waals surface area contributed by atoms with Gasteiger partial charge in [0.1, 0.15) is 23.0 Å². The third kappa shape index (κ3) is 4.61. The van der Waals surface area contributed by atoms with Crippen LogP contribution in [0.3, 0.4) is 0 Å². The predicted octanol–water partition coefficient (Wildman–Crippen LogP) is 6.19. The van der Waals surface area contributed by atoms with Gasteiger partial charge in [-0.25, -0.2) is 0 Å². The lowest BCUT2D eigenvalue weighted by molar-refractivity contribution is -0.120. The van der Waals surface area contributed by atoms with Gasteiger partial charge >= 0.3 is 0 Å². The third-order valence-corrected chi connectivity index (χ3v) is 8.62. The first-order chi connectivity index (χ1) is 17.4. The van der Waals surface area contributed by atoms with Gasteiger partial charge in [0, 0.05) is 34.8 Å². The minimum Gasteiger partial charge on any atom is -0.497 e. The Morgan fingerprint density at radius 2 is 1.72 bits per heavy atom. The van der Waals surface area contributed by atoms with Gasteiger partial charge < -0.3 is 14.8 Å². The number of carbonyl (C=O) groups is 1. The number of methoxy groups -OCH3 is 1. The standard InChI is InChI=1S/C30H33IN2O3/c1-29(2,33-19-25(20-33)36-24-16-21(18-31)15-23(17-24)35-3)13-14-30(22-9-5-4-6-10-22)26-11-7-8-12-27(26)32-28(30)34/h4-12,15-17,25H,13-14,18-20H2,1-3H3,(H,32,34). The monoisotopic (exact) mass is 596 g/mol. The van der Waals surface area contributed by atoms with E-state index in [1.165, 1.54) is 5.56 Å². The average Bonchev–Trinajstić information content (AvgIpc) is 3.16. The number of nitrogens with one attached hydrogen (secondary N) is 1. The minimum absolute atomic E-state index is 0.0683. The molecular weight excluding hydrogens is 563 g/mol. The van der Waals surface area contributed by atoms with E-state index in [1.54, 1.807) is 7.11 Å². The van der Waals surface area contributed by atoms with Crippen molar-refractivity contribution in [3.05, 3.63) is 89.5 Å². The summed E-state index contributed by atoms with van der Waals surface area (Å²) in [6.07, 6.45) is 1.77. The molecule has 0 aromatic heterocycles. The molecule has 5 rings (SSSR count). The molecule has 1 saturated heterocycles. The predicted molar refractivity (Wildman–Crippen MR) is 152 cm³/mol. The van der Waals surface area contributed by atoms with Crippen LogP contribution in [0.25, 0.3) is 0 Å². The van der Waals surface area contributed by atoms with Crippen molar-refractivity contribution in [1.29, 1.82) is 0 Å². The van der Waals surface area contributed by atoms with E-state index < -0.39 is 5.41 Å². The molecule has 188 valence electrons. The van der Waals surface area contributed by atoms with Crippen molar-refractivity contribution in [2.24, 2.45) is 0 Å². The van der Waals surface area contributed by atoms with Gasteiger partial charge in [0.25, 0.3) is 0 Å². The Bertz CT molecular complexity index is 1220. The molecule has 1 amide bonds. The summed E-state index contributed by atoms with van der Waals surface area (Å²) in [4.78, 5) is 16.0. The van der Waals surface area contributed by atoms with Crippen molar-refractivity contribution < 1.29 is 14.3 Å². The molecule has 5 nitrogen and oxygen atoms in total. The maximum atomic E-state index is 13.5. The highest BCUT2D eigenvalue weighted by Gasteiger charge is 2.49. The maximum Gasteiger partial charge on any atom is 0.239 e. The lowest BCUT2D eigenvalue weighted by atomic mass is 9.70. The molecule has 0 radical (unpaired) electrons. The van der Waals surface area contributed by atoms with E-state index in [-0.39, 0.29) is 17.6 Å². The van der Waals surface area contributed by atoms with Crippen LogP contribution >= 0.6 is 22.6 Å². The summed E-state index contributed by atoms with van der Waals surface area (Å²) in [6, 6.07) is 24.4. The number of nitrogens with zero attached hydrogens (tertiary/aromatic N) is 1. The van der Waals surface area contributed by atoms with Crippen molar-refractivity contribution in [2.75, 3.05) is 25.5 Å². The first-order valence-electron chi connectivity index (χ1n) is 12.5. The molecule has 6 heteroatoms. The summed E-state index contributed by atoms with van der Waals surface area (Å²) < 4.78 is 12.7. The second-order valence-corrected chi connectivity index (χ2v) is 11.1. The van der Waals surface area contributed by atoms with Crippen LogP contribution in [0, 0.1) is 0 Å². The molecule has 3 aromatic carbocycles. The van der Waals surface area contributed by atoms with Crippen LogP contribution in [-0.2, 0) is 14.6 Å². The van der Waals surface area contributed by atoms with E-state index in [4.69, 9.17) is 9.47 Å². The molecule has 36 heavy (non-hydrogen) atoms. The summed E-state index contributed by atoms with van der Waals surface area (Å²) in [5.41, 5.74) is 3.50. The number of rotatable bonds is 9. The average molecular weight is 597 g/mol. The first kappa shape index (κ1) is 25.1. The Kier molecular flexibility index (Phi) is 7.01.